The molecule has 3 saturated carbocycles. The third kappa shape index (κ3) is 3.01. The van der Waals surface area contributed by atoms with Crippen molar-refractivity contribution >= 4 is 5.97 Å². The molecule has 4 aliphatic carbocycles. The van der Waals surface area contributed by atoms with E-state index in [1.165, 1.54) is 38.2 Å². The summed E-state index contributed by atoms with van der Waals surface area (Å²) in [5.74, 6) is 2.23. The summed E-state index contributed by atoms with van der Waals surface area (Å²) in [5.41, 5.74) is 3.76. The minimum atomic E-state index is -0.162. The Morgan fingerprint density at radius 2 is 1.96 bits per heavy atom. The summed E-state index contributed by atoms with van der Waals surface area (Å²) in [6.07, 6.45) is 12.6. The zero-order chi connectivity index (χ0) is 19.4. The maximum atomic E-state index is 11.3. The topological polar surface area (TPSA) is 46.5 Å². The van der Waals surface area contributed by atoms with Gasteiger partial charge in [0.2, 0.25) is 0 Å². The molecule has 150 valence electrons. The lowest BCUT2D eigenvalue weighted by Gasteiger charge is -2.55. The fraction of sp³-hybridized carbons (Fsp3) is 0.792. The van der Waals surface area contributed by atoms with E-state index in [4.69, 9.17) is 4.74 Å². The fourth-order valence-electron chi connectivity index (χ4n) is 7.32. The minimum absolute atomic E-state index is 0.147. The van der Waals surface area contributed by atoms with Crippen molar-refractivity contribution in [2.24, 2.45) is 34.5 Å². The number of aliphatic hydroxyl groups excluding tert-OH is 1. The van der Waals surface area contributed by atoms with E-state index >= 15 is 0 Å². The van der Waals surface area contributed by atoms with Crippen LogP contribution in [0, 0.1) is 34.5 Å². The van der Waals surface area contributed by atoms with Crippen LogP contribution in [0.2, 0.25) is 0 Å². The summed E-state index contributed by atoms with van der Waals surface area (Å²) in [7, 11) is 0. The molecular weight excluding hydrogens is 336 g/mol. The predicted octanol–water partition coefficient (Wildman–Crippen LogP) is 5.05. The summed E-state index contributed by atoms with van der Waals surface area (Å²) in [6, 6.07) is 0. The number of carbonyl (C=O) groups excluding carboxylic acids is 1. The van der Waals surface area contributed by atoms with Crippen molar-refractivity contribution in [3.8, 4) is 0 Å². The van der Waals surface area contributed by atoms with Crippen LogP contribution in [0.25, 0.3) is 0 Å². The van der Waals surface area contributed by atoms with Crippen molar-refractivity contribution in [3.05, 3.63) is 23.3 Å². The van der Waals surface area contributed by atoms with Gasteiger partial charge in [-0.1, -0.05) is 44.1 Å². The highest BCUT2D eigenvalue weighted by Gasteiger charge is 2.57. The first-order valence-electron chi connectivity index (χ1n) is 11.0. The molecule has 0 radical (unpaired) electrons. The third-order valence-corrected chi connectivity index (χ3v) is 8.85. The molecule has 0 amide bonds. The number of esters is 1. The quantitative estimate of drug-likeness (QED) is 0.706. The molecule has 27 heavy (non-hydrogen) atoms. The average Bonchev–Trinajstić information content (AvgIpc) is 2.97. The van der Waals surface area contributed by atoms with Gasteiger partial charge in [0.15, 0.2) is 0 Å². The van der Waals surface area contributed by atoms with Gasteiger partial charge < -0.3 is 9.84 Å². The molecule has 3 nitrogen and oxygen atoms in total. The Morgan fingerprint density at radius 3 is 2.70 bits per heavy atom. The smallest absolute Gasteiger partial charge is 0.302 e. The third-order valence-electron chi connectivity index (χ3n) is 8.85. The lowest BCUT2D eigenvalue weighted by molar-refractivity contribution is -0.143. The van der Waals surface area contributed by atoms with Crippen LogP contribution < -0.4 is 0 Å². The van der Waals surface area contributed by atoms with Crippen molar-refractivity contribution in [2.75, 3.05) is 6.61 Å². The molecule has 3 fully saturated rings. The van der Waals surface area contributed by atoms with Gasteiger partial charge in [-0.05, 0) is 79.4 Å². The van der Waals surface area contributed by atoms with Crippen molar-refractivity contribution in [3.63, 3.8) is 0 Å². The Bertz CT molecular complexity index is 677. The first kappa shape index (κ1) is 19.2. The molecule has 0 spiro atoms. The van der Waals surface area contributed by atoms with Gasteiger partial charge >= 0.3 is 5.97 Å². The van der Waals surface area contributed by atoms with E-state index in [9.17, 15) is 9.90 Å². The molecule has 0 aromatic heterocycles. The first-order valence-corrected chi connectivity index (χ1v) is 11.0. The van der Waals surface area contributed by atoms with Gasteiger partial charge in [-0.3, -0.25) is 4.79 Å². The monoisotopic (exact) mass is 372 g/mol. The number of hydrogen-bond donors (Lipinski definition) is 1. The normalized spacial score (nSPS) is 44.3. The van der Waals surface area contributed by atoms with E-state index in [0.29, 0.717) is 35.7 Å². The zero-order valence-electron chi connectivity index (χ0n) is 17.5. The fourth-order valence-corrected chi connectivity index (χ4v) is 7.32. The predicted molar refractivity (Wildman–Crippen MR) is 107 cm³/mol. The number of allylic oxidation sites excluding steroid dienone is 3. The van der Waals surface area contributed by atoms with Gasteiger partial charge in [-0.15, -0.1) is 0 Å². The van der Waals surface area contributed by atoms with Crippen LogP contribution in [0.1, 0.15) is 72.6 Å². The van der Waals surface area contributed by atoms with E-state index in [1.807, 2.05) is 0 Å². The zero-order valence-corrected chi connectivity index (χ0v) is 17.5. The van der Waals surface area contributed by atoms with Crippen LogP contribution in [0.5, 0.6) is 0 Å². The average molecular weight is 373 g/mol. The van der Waals surface area contributed by atoms with Gasteiger partial charge in [0.25, 0.3) is 0 Å². The second-order valence-corrected chi connectivity index (χ2v) is 10.3. The number of ether oxygens (including phenoxy) is 1. The molecule has 4 rings (SSSR count). The molecule has 0 saturated heterocycles. The van der Waals surface area contributed by atoms with Gasteiger partial charge in [0.05, 0.1) is 12.7 Å². The molecule has 0 bridgehead atoms. The molecule has 1 N–H and O–H groups in total. The van der Waals surface area contributed by atoms with Crippen molar-refractivity contribution in [1.82, 2.24) is 0 Å². The van der Waals surface area contributed by atoms with Gasteiger partial charge in [0, 0.05) is 6.92 Å². The minimum Gasteiger partial charge on any atom is -0.466 e. The van der Waals surface area contributed by atoms with Gasteiger partial charge in [-0.25, -0.2) is 0 Å². The molecule has 3 heteroatoms. The molecule has 4 aliphatic rings. The maximum absolute atomic E-state index is 11.3. The largest absolute Gasteiger partial charge is 0.466 e. The van der Waals surface area contributed by atoms with E-state index in [0.717, 1.165) is 19.3 Å². The highest BCUT2D eigenvalue weighted by molar-refractivity contribution is 5.65. The van der Waals surface area contributed by atoms with Crippen LogP contribution in [0.4, 0.5) is 0 Å². The Balaban J connectivity index is 1.59. The van der Waals surface area contributed by atoms with E-state index in [1.54, 1.807) is 5.57 Å². The Hall–Kier alpha value is -1.09. The SMILES string of the molecule is CC(=O)OC[C@@H](C)[C@H]1CCC2C3=CC=C4CC(O)CC[C@@]4(C)C3CC[C@@]21C. The van der Waals surface area contributed by atoms with E-state index in [-0.39, 0.29) is 17.5 Å². The van der Waals surface area contributed by atoms with Crippen molar-refractivity contribution < 1.29 is 14.6 Å². The van der Waals surface area contributed by atoms with Crippen LogP contribution in [-0.4, -0.2) is 23.8 Å². The summed E-state index contributed by atoms with van der Waals surface area (Å²) in [6.45, 7) is 9.30. The van der Waals surface area contributed by atoms with Crippen LogP contribution in [0.15, 0.2) is 23.3 Å². The van der Waals surface area contributed by atoms with Crippen LogP contribution in [0.3, 0.4) is 0 Å². The lowest BCUT2D eigenvalue weighted by Crippen LogP contribution is -2.46. The van der Waals surface area contributed by atoms with E-state index in [2.05, 4.69) is 32.9 Å². The van der Waals surface area contributed by atoms with Crippen LogP contribution >= 0.6 is 0 Å². The lowest BCUT2D eigenvalue weighted by atomic mass is 9.50. The Morgan fingerprint density at radius 1 is 1.19 bits per heavy atom. The molecule has 3 unspecified atom stereocenters. The molecule has 7 atom stereocenters. The Labute approximate surface area is 164 Å². The standard InChI is InChI=1S/C24H36O3/c1-15(14-27-16(2)25)20-7-8-21-19-6-5-17-13-18(26)9-11-23(17,3)22(19)10-12-24(20,21)4/h5-6,15,18,20-22,26H,7-14H2,1-4H3/t15-,18?,20-,21?,22?,23-,24-/m1/s1. The number of aliphatic hydroxyl groups is 1. The maximum Gasteiger partial charge on any atom is 0.302 e. The van der Waals surface area contributed by atoms with Crippen molar-refractivity contribution in [2.45, 2.75) is 78.7 Å². The molecule has 0 aliphatic heterocycles. The summed E-state index contributed by atoms with van der Waals surface area (Å²) < 4.78 is 5.36. The van der Waals surface area contributed by atoms with E-state index < -0.39 is 0 Å². The number of fused-ring (bicyclic) bond motifs is 5. The number of carbonyl (C=O) groups is 1. The second kappa shape index (κ2) is 6.76. The summed E-state index contributed by atoms with van der Waals surface area (Å²) in [4.78, 5) is 11.3. The number of rotatable bonds is 3. The Kier molecular flexibility index (Phi) is 4.81. The van der Waals surface area contributed by atoms with Crippen LogP contribution in [-0.2, 0) is 9.53 Å². The molecule has 0 aromatic rings. The number of hydrogen-bond acceptors (Lipinski definition) is 3. The van der Waals surface area contributed by atoms with Gasteiger partial charge in [-0.2, -0.15) is 0 Å². The van der Waals surface area contributed by atoms with Gasteiger partial charge in [0.1, 0.15) is 0 Å². The summed E-state index contributed by atoms with van der Waals surface area (Å²) in [5, 5.41) is 10.1. The first-order chi connectivity index (χ1) is 12.8. The molecule has 0 heterocycles. The summed E-state index contributed by atoms with van der Waals surface area (Å²) >= 11 is 0. The highest BCUT2D eigenvalue weighted by Crippen LogP contribution is 2.65. The van der Waals surface area contributed by atoms with Crippen molar-refractivity contribution in [1.29, 1.82) is 0 Å². The second-order valence-electron chi connectivity index (χ2n) is 10.3. The molecular formula is C24H36O3. The molecule has 0 aromatic carbocycles. The highest BCUT2D eigenvalue weighted by atomic mass is 16.5.